The van der Waals surface area contributed by atoms with Crippen LogP contribution in [0.3, 0.4) is 0 Å². The molecule has 2 atom stereocenters. The van der Waals surface area contributed by atoms with Gasteiger partial charge in [0.15, 0.2) is 0 Å². The number of para-hydroxylation sites is 2. The summed E-state index contributed by atoms with van der Waals surface area (Å²) in [5.74, 6) is -6.47. The summed E-state index contributed by atoms with van der Waals surface area (Å²) < 4.78 is 205. The summed E-state index contributed by atoms with van der Waals surface area (Å²) in [7, 11) is 0. The van der Waals surface area contributed by atoms with Crippen LogP contribution < -0.4 is 9.80 Å². The molecule has 0 saturated carbocycles. The van der Waals surface area contributed by atoms with Crippen LogP contribution in [-0.4, -0.2) is 195 Å². The average molecular weight is 1320 g/mol. The second-order valence-electron chi connectivity index (χ2n) is 22.2. The molecule has 2 unspecified atom stereocenters. The molecule has 4 aliphatic heterocycles. The van der Waals surface area contributed by atoms with Crippen molar-refractivity contribution in [3.63, 3.8) is 0 Å². The number of ether oxygens (including phenoxy) is 2. The third kappa shape index (κ3) is 17.4. The third-order valence-corrected chi connectivity index (χ3v) is 17.4. The second-order valence-corrected chi connectivity index (χ2v) is 23.3. The van der Waals surface area contributed by atoms with Gasteiger partial charge in [0.1, 0.15) is 0 Å². The predicted octanol–water partition coefficient (Wildman–Crippen LogP) is 10.2. The molecule has 0 bridgehead atoms. The van der Waals surface area contributed by atoms with Crippen molar-refractivity contribution in [1.82, 2.24) is 19.6 Å². The van der Waals surface area contributed by atoms with Crippen LogP contribution in [0.4, 0.5) is 64.1 Å². The van der Waals surface area contributed by atoms with Gasteiger partial charge in [0.2, 0.25) is 11.8 Å². The summed E-state index contributed by atoms with van der Waals surface area (Å²) in [5, 5.41) is 38.2. The number of benzene rings is 4. The molecule has 4 heterocycles. The van der Waals surface area contributed by atoms with Gasteiger partial charge < -0.3 is 49.5 Å². The summed E-state index contributed by atoms with van der Waals surface area (Å²) in [6, 6.07) is 11.3. The van der Waals surface area contributed by atoms with E-state index in [0.717, 1.165) is 0 Å². The molecule has 2 amide bonds. The number of aliphatic carboxylic acids is 2. The number of piperazine rings is 2. The predicted molar refractivity (Wildman–Crippen MR) is 313 cm³/mol. The normalized spacial score (nSPS) is 18.7. The summed E-state index contributed by atoms with van der Waals surface area (Å²) in [4.78, 5) is 58.3. The van der Waals surface area contributed by atoms with Crippen molar-refractivity contribution in [2.45, 2.75) is 60.2 Å². The molecule has 91 heavy (non-hydrogen) atoms. The van der Waals surface area contributed by atoms with Gasteiger partial charge in [-0.3, -0.25) is 29.0 Å². The number of carboxylic acid groups (broad SMARTS) is 2. The summed E-state index contributed by atoms with van der Waals surface area (Å²) in [6.07, 6.45) is -21.6. The molecular weight excluding hydrogens is 1250 g/mol. The number of piperidine rings is 2. The fraction of sp³-hybridized carbons (Fsp3) is 0.484. The van der Waals surface area contributed by atoms with Crippen molar-refractivity contribution in [3.8, 4) is 22.3 Å². The Morgan fingerprint density at radius 1 is 0.484 bits per heavy atom. The first kappa shape index (κ1) is 70.0. The highest BCUT2D eigenvalue weighted by Crippen LogP contribution is 2.56. The number of carbonyl (C=O) groups is 4. The number of rotatable bonds is 22. The third-order valence-electron chi connectivity index (χ3n) is 16.4. The van der Waals surface area contributed by atoms with Crippen LogP contribution in [0.25, 0.3) is 34.4 Å². The molecule has 0 aromatic heterocycles. The fourth-order valence-electron chi connectivity index (χ4n) is 11.9. The lowest BCUT2D eigenvalue weighted by Gasteiger charge is -2.35. The molecule has 4 N–H and O–H groups in total. The molecule has 4 aliphatic rings. The number of nitrogens with zero attached hydrogens (tertiary/aromatic N) is 6. The van der Waals surface area contributed by atoms with E-state index < -0.39 is 126 Å². The van der Waals surface area contributed by atoms with Crippen molar-refractivity contribution in [3.05, 3.63) is 106 Å². The van der Waals surface area contributed by atoms with Gasteiger partial charge in [-0.15, -0.1) is 0 Å². The lowest BCUT2D eigenvalue weighted by atomic mass is 9.88. The summed E-state index contributed by atoms with van der Waals surface area (Å²) >= 11 is -0.680. The van der Waals surface area contributed by atoms with Crippen molar-refractivity contribution < 1.29 is 102 Å². The Morgan fingerprint density at radius 2 is 0.835 bits per heavy atom. The summed E-state index contributed by atoms with van der Waals surface area (Å²) in [5.41, 5.74) is -15.2. The van der Waals surface area contributed by atoms with Crippen LogP contribution in [0.1, 0.15) is 59.1 Å². The lowest BCUT2D eigenvalue weighted by Crippen LogP contribution is -2.49. The zero-order valence-electron chi connectivity index (χ0n) is 49.1. The number of amides is 2. The number of carboxylic acids is 2. The van der Waals surface area contributed by atoms with Crippen molar-refractivity contribution in [2.24, 2.45) is 11.8 Å². The zero-order valence-corrected chi connectivity index (χ0v) is 49.9. The molecular formula is C62H68F12N6O10S. The van der Waals surface area contributed by atoms with Crippen LogP contribution in [0.15, 0.2) is 82.6 Å². The van der Waals surface area contributed by atoms with Crippen LogP contribution in [-0.2, 0) is 53.4 Å². The molecule has 8 rings (SSSR count). The minimum absolute atomic E-state index is 0.00462. The molecule has 0 radical (unpaired) electrons. The van der Waals surface area contributed by atoms with Crippen LogP contribution in [0, 0.1) is 11.8 Å². The van der Waals surface area contributed by atoms with Crippen molar-refractivity contribution in [1.29, 1.82) is 0 Å². The zero-order chi connectivity index (χ0) is 66.0. The van der Waals surface area contributed by atoms with E-state index in [1.54, 1.807) is 0 Å². The number of hydrogen-bond donors (Lipinski definition) is 4. The fourth-order valence-corrected chi connectivity index (χ4v) is 13.2. The van der Waals surface area contributed by atoms with Crippen LogP contribution >= 0.6 is 11.8 Å². The first-order valence-corrected chi connectivity index (χ1v) is 30.2. The van der Waals surface area contributed by atoms with E-state index in [0.29, 0.717) is 49.5 Å². The van der Waals surface area contributed by atoms with Gasteiger partial charge in [0.25, 0.3) is 0 Å². The first-order chi connectivity index (χ1) is 43.1. The lowest BCUT2D eigenvalue weighted by molar-refractivity contribution is -0.164. The Hall–Kier alpha value is -6.89. The second kappa shape index (κ2) is 30.2. The number of halogens is 12. The molecule has 4 saturated heterocycles. The highest BCUT2D eigenvalue weighted by Gasteiger charge is 2.51. The van der Waals surface area contributed by atoms with Crippen molar-refractivity contribution >= 4 is 59.0 Å². The highest BCUT2D eigenvalue weighted by atomic mass is 32.2. The summed E-state index contributed by atoms with van der Waals surface area (Å²) in [6.45, 7) is 1.37. The van der Waals surface area contributed by atoms with E-state index in [4.69, 9.17) is 19.7 Å². The van der Waals surface area contributed by atoms with Crippen molar-refractivity contribution in [2.75, 3.05) is 141 Å². The number of hydrogen-bond acceptors (Lipinski definition) is 13. The first-order valence-electron chi connectivity index (χ1n) is 29.4. The molecule has 16 nitrogen and oxygen atoms in total. The number of aliphatic hydroxyl groups is 2. The standard InChI is InChI=1S/C62H68F12N6O10S/c63-59(64,65)53-43(13-15-51(83)77-23-19-75(20-24-77)27-31-89-33-29-81)45(41-9-1-3-11-47(41)79-17-5-7-39(37-79)57(85)86)35-49(55(53)61(69,70)71)91-50-36-46(42-10-2-4-12-48(42)80-18-6-8-40(38-80)58(87)88)44(54(60(66,67)68)56(50)62(72,73)74)14-16-52(84)78-25-21-76(22-26-78)28-32-90-34-30-82/h1-4,9-16,35-36,39-40,81-82H,5-8,17-34,37-38H2,(H,85,86)(H,87,88). The molecule has 4 aromatic rings. The maximum absolute atomic E-state index is 16.3. The number of carbonyl (C=O) groups excluding carboxylic acids is 2. The van der Waals surface area contributed by atoms with E-state index in [9.17, 15) is 29.4 Å². The Bertz CT molecular complexity index is 3080. The van der Waals surface area contributed by atoms with Gasteiger partial charge in [-0.25, -0.2) is 0 Å². The number of alkyl halides is 12. The van der Waals surface area contributed by atoms with Crippen LogP contribution in [0.5, 0.6) is 0 Å². The monoisotopic (exact) mass is 1320 g/mol. The Kier molecular flexibility index (Phi) is 23.3. The van der Waals surface area contributed by atoms with Gasteiger partial charge in [-0.2, -0.15) is 52.7 Å². The topological polar surface area (TPSA) is 187 Å². The van der Waals surface area contributed by atoms with E-state index >= 15 is 52.7 Å². The average Bonchev–Trinajstić information content (AvgIpc) is 0.737. The van der Waals surface area contributed by atoms with Gasteiger partial charge in [-0.1, -0.05) is 48.2 Å². The van der Waals surface area contributed by atoms with E-state index in [2.05, 4.69) is 0 Å². The molecule has 0 aliphatic carbocycles. The Morgan fingerprint density at radius 3 is 1.16 bits per heavy atom. The minimum Gasteiger partial charge on any atom is -0.481 e. The Balaban J connectivity index is 1.37. The molecule has 4 fully saturated rings. The van der Waals surface area contributed by atoms with Gasteiger partial charge >= 0.3 is 36.6 Å². The smallest absolute Gasteiger partial charge is 0.418 e. The SMILES string of the molecule is O=C(O)C1CCCN(c2ccccc2-c2cc(Sc3cc(-c4ccccc4N4CCCC(C(=O)O)C4)c(C=CC(=O)N4CCN(CCOCCO)CC4)c(C(F)(F)F)c3C(F)(F)F)c(C(F)(F)F)c(C(F)(F)F)c2C=CC(=O)N2CCN(CCOCCO)CC2)C1. The maximum Gasteiger partial charge on any atom is 0.418 e. The highest BCUT2D eigenvalue weighted by molar-refractivity contribution is 7.99. The van der Waals surface area contributed by atoms with Gasteiger partial charge in [-0.05, 0) is 84.4 Å². The molecule has 496 valence electrons. The molecule has 4 aromatic carbocycles. The Labute approximate surface area is 520 Å². The largest absolute Gasteiger partial charge is 0.481 e. The minimum atomic E-state index is -6.17. The van der Waals surface area contributed by atoms with Gasteiger partial charge in [0.05, 0.1) is 73.7 Å². The molecule has 29 heteroatoms. The van der Waals surface area contributed by atoms with Crippen LogP contribution in [0.2, 0.25) is 0 Å². The quantitative estimate of drug-likeness (QED) is 0.0331. The van der Waals surface area contributed by atoms with Gasteiger partial charge in [0, 0.05) is 136 Å². The number of aliphatic hydroxyl groups excluding tert-OH is 2. The van der Waals surface area contributed by atoms with E-state index in [1.165, 1.54) is 68.1 Å². The maximum atomic E-state index is 16.3. The number of anilines is 2. The van der Waals surface area contributed by atoms with E-state index in [-0.39, 0.29) is 166 Å². The molecule has 0 spiro atoms. The van der Waals surface area contributed by atoms with E-state index in [1.807, 2.05) is 9.80 Å².